The lowest BCUT2D eigenvalue weighted by Crippen LogP contribution is -2.47. The second kappa shape index (κ2) is 5.63. The third-order valence-electron chi connectivity index (χ3n) is 3.46. The third-order valence-corrected chi connectivity index (χ3v) is 5.07. The minimum atomic E-state index is 0.564. The highest BCUT2D eigenvalue weighted by Gasteiger charge is 2.27. The summed E-state index contributed by atoms with van der Waals surface area (Å²) in [7, 11) is 0. The quantitative estimate of drug-likeness (QED) is 0.930. The highest BCUT2D eigenvalue weighted by atomic mass is 79.9. The van der Waals surface area contributed by atoms with E-state index in [1.54, 1.807) is 0 Å². The van der Waals surface area contributed by atoms with E-state index in [-0.39, 0.29) is 0 Å². The Balaban J connectivity index is 2.02. The van der Waals surface area contributed by atoms with Gasteiger partial charge in [0, 0.05) is 24.0 Å². The van der Waals surface area contributed by atoms with Gasteiger partial charge < -0.3 is 5.73 Å². The minimum Gasteiger partial charge on any atom is -0.329 e. The molecule has 4 heteroatoms. The minimum absolute atomic E-state index is 0.564. The summed E-state index contributed by atoms with van der Waals surface area (Å²) in [6.07, 6.45) is 2.64. The molecule has 2 N–H and O–H groups in total. The highest BCUT2D eigenvalue weighted by molar-refractivity contribution is 9.11. The molecule has 1 aromatic heterocycles. The van der Waals surface area contributed by atoms with Crippen molar-refractivity contribution in [3.05, 3.63) is 20.8 Å². The van der Waals surface area contributed by atoms with Crippen molar-refractivity contribution in [3.63, 3.8) is 0 Å². The van der Waals surface area contributed by atoms with Gasteiger partial charge in [0.1, 0.15) is 0 Å². The number of piperidine rings is 1. The number of thiophene rings is 1. The van der Waals surface area contributed by atoms with Gasteiger partial charge in [-0.15, -0.1) is 11.3 Å². The van der Waals surface area contributed by atoms with Gasteiger partial charge in [0.25, 0.3) is 0 Å². The van der Waals surface area contributed by atoms with Crippen LogP contribution in [0.1, 0.15) is 24.6 Å². The Morgan fingerprint density at radius 2 is 2.38 bits per heavy atom. The molecular weight excluding hydrogens is 284 g/mol. The summed E-state index contributed by atoms with van der Waals surface area (Å²) < 4.78 is 1.22. The van der Waals surface area contributed by atoms with Gasteiger partial charge in [-0.05, 0) is 53.4 Å². The van der Waals surface area contributed by atoms with Gasteiger partial charge in [0.2, 0.25) is 0 Å². The molecular formula is C12H19BrN2S. The average Bonchev–Trinajstić information content (AvgIpc) is 2.64. The number of halogens is 1. The maximum Gasteiger partial charge on any atom is 0.0701 e. The zero-order chi connectivity index (χ0) is 11.5. The molecule has 90 valence electrons. The Bertz CT molecular complexity index is 340. The average molecular weight is 303 g/mol. The first-order valence-corrected chi connectivity index (χ1v) is 7.50. The van der Waals surface area contributed by atoms with Crippen LogP contribution in [0.15, 0.2) is 15.9 Å². The van der Waals surface area contributed by atoms with E-state index in [9.17, 15) is 0 Å². The first kappa shape index (κ1) is 12.6. The summed E-state index contributed by atoms with van der Waals surface area (Å²) >= 11 is 5.35. The molecule has 2 heterocycles. The smallest absolute Gasteiger partial charge is 0.0701 e. The second-order valence-corrected chi connectivity index (χ2v) is 7.15. The zero-order valence-electron chi connectivity index (χ0n) is 9.66. The SMILES string of the molecule is CC1CCCN(Cc2ccc(Br)s2)C1CN. The zero-order valence-corrected chi connectivity index (χ0v) is 12.1. The van der Waals surface area contributed by atoms with Gasteiger partial charge in [-0.1, -0.05) is 6.92 Å². The fraction of sp³-hybridized carbons (Fsp3) is 0.667. The first-order valence-electron chi connectivity index (χ1n) is 5.89. The topological polar surface area (TPSA) is 29.3 Å². The molecule has 0 aromatic carbocycles. The maximum absolute atomic E-state index is 5.90. The molecule has 0 amide bonds. The number of nitrogens with zero attached hydrogens (tertiary/aromatic N) is 1. The Morgan fingerprint density at radius 1 is 1.56 bits per heavy atom. The van der Waals surface area contributed by atoms with Crippen LogP contribution in [0, 0.1) is 5.92 Å². The molecule has 0 bridgehead atoms. The van der Waals surface area contributed by atoms with Gasteiger partial charge in [-0.25, -0.2) is 0 Å². The summed E-state index contributed by atoms with van der Waals surface area (Å²) in [5, 5.41) is 0. The molecule has 1 aliphatic rings. The van der Waals surface area contributed by atoms with Crippen LogP contribution in [-0.2, 0) is 6.54 Å². The lowest BCUT2D eigenvalue weighted by Gasteiger charge is -2.39. The van der Waals surface area contributed by atoms with Crippen LogP contribution in [0.4, 0.5) is 0 Å². The van der Waals surface area contributed by atoms with Crippen LogP contribution in [0.25, 0.3) is 0 Å². The summed E-state index contributed by atoms with van der Waals surface area (Å²) in [6.45, 7) is 5.37. The molecule has 1 aliphatic heterocycles. The normalized spacial score (nSPS) is 27.2. The van der Waals surface area contributed by atoms with E-state index in [0.29, 0.717) is 6.04 Å². The van der Waals surface area contributed by atoms with E-state index in [4.69, 9.17) is 5.73 Å². The predicted octanol–water partition coefficient (Wildman–Crippen LogP) is 3.07. The molecule has 1 saturated heterocycles. The fourth-order valence-corrected chi connectivity index (χ4v) is 4.06. The van der Waals surface area contributed by atoms with Crippen LogP contribution in [0.2, 0.25) is 0 Å². The van der Waals surface area contributed by atoms with Crippen molar-refractivity contribution in [2.75, 3.05) is 13.1 Å². The molecule has 0 radical (unpaired) electrons. The van der Waals surface area contributed by atoms with Gasteiger partial charge in [0.15, 0.2) is 0 Å². The third kappa shape index (κ3) is 2.86. The van der Waals surface area contributed by atoms with Crippen molar-refractivity contribution >= 4 is 27.3 Å². The molecule has 0 aliphatic carbocycles. The van der Waals surface area contributed by atoms with Gasteiger partial charge in [-0.2, -0.15) is 0 Å². The van der Waals surface area contributed by atoms with Crippen LogP contribution in [-0.4, -0.2) is 24.0 Å². The standard InChI is InChI=1S/C12H19BrN2S/c1-9-3-2-6-15(11(9)7-14)8-10-4-5-12(13)16-10/h4-5,9,11H,2-3,6-8,14H2,1H3. The van der Waals surface area contributed by atoms with Gasteiger partial charge in [0.05, 0.1) is 3.79 Å². The van der Waals surface area contributed by atoms with E-state index < -0.39 is 0 Å². The number of likely N-dealkylation sites (tertiary alicyclic amines) is 1. The lowest BCUT2D eigenvalue weighted by molar-refractivity contribution is 0.100. The summed E-state index contributed by atoms with van der Waals surface area (Å²) in [4.78, 5) is 3.98. The van der Waals surface area contributed by atoms with E-state index in [0.717, 1.165) is 19.0 Å². The monoisotopic (exact) mass is 302 g/mol. The molecule has 16 heavy (non-hydrogen) atoms. The molecule has 2 atom stereocenters. The first-order chi connectivity index (χ1) is 7.70. The Labute approximate surface area is 110 Å². The summed E-state index contributed by atoms with van der Waals surface area (Å²) in [5.74, 6) is 0.738. The van der Waals surface area contributed by atoms with Crippen LogP contribution in [0.3, 0.4) is 0 Å². The number of rotatable bonds is 3. The molecule has 2 unspecified atom stereocenters. The molecule has 1 aromatic rings. The fourth-order valence-electron chi connectivity index (χ4n) is 2.55. The number of nitrogens with two attached hydrogens (primary N) is 1. The van der Waals surface area contributed by atoms with E-state index in [2.05, 4.69) is 39.9 Å². The van der Waals surface area contributed by atoms with Crippen molar-refractivity contribution in [2.24, 2.45) is 11.7 Å². The molecule has 2 rings (SSSR count). The molecule has 0 spiro atoms. The Kier molecular flexibility index (Phi) is 4.41. The number of hydrogen-bond donors (Lipinski definition) is 1. The molecule has 0 saturated carbocycles. The molecule has 1 fully saturated rings. The summed E-state index contributed by atoms with van der Waals surface area (Å²) in [5.41, 5.74) is 5.90. The van der Waals surface area contributed by atoms with Crippen LogP contribution >= 0.6 is 27.3 Å². The van der Waals surface area contributed by atoms with Gasteiger partial charge in [-0.3, -0.25) is 4.90 Å². The van der Waals surface area contributed by atoms with Crippen molar-refractivity contribution in [1.29, 1.82) is 0 Å². The number of hydrogen-bond acceptors (Lipinski definition) is 3. The second-order valence-electron chi connectivity index (χ2n) is 4.60. The van der Waals surface area contributed by atoms with Crippen LogP contribution < -0.4 is 5.73 Å². The van der Waals surface area contributed by atoms with Crippen molar-refractivity contribution < 1.29 is 0 Å². The van der Waals surface area contributed by atoms with E-state index in [1.807, 2.05) is 11.3 Å². The highest BCUT2D eigenvalue weighted by Crippen LogP contribution is 2.28. The van der Waals surface area contributed by atoms with Crippen LogP contribution in [0.5, 0.6) is 0 Å². The van der Waals surface area contributed by atoms with E-state index in [1.165, 1.54) is 28.0 Å². The van der Waals surface area contributed by atoms with Crippen molar-refractivity contribution in [2.45, 2.75) is 32.4 Å². The summed E-state index contributed by atoms with van der Waals surface area (Å²) in [6, 6.07) is 4.90. The maximum atomic E-state index is 5.90. The molecule has 2 nitrogen and oxygen atoms in total. The lowest BCUT2D eigenvalue weighted by atomic mass is 9.91. The van der Waals surface area contributed by atoms with E-state index >= 15 is 0 Å². The predicted molar refractivity (Wildman–Crippen MR) is 73.7 cm³/mol. The van der Waals surface area contributed by atoms with Crippen molar-refractivity contribution in [1.82, 2.24) is 4.90 Å². The van der Waals surface area contributed by atoms with Crippen molar-refractivity contribution in [3.8, 4) is 0 Å². The largest absolute Gasteiger partial charge is 0.329 e. The Hall–Kier alpha value is 0.1000. The van der Waals surface area contributed by atoms with Gasteiger partial charge >= 0.3 is 0 Å². The Morgan fingerprint density at radius 3 is 3.00 bits per heavy atom.